The fourth-order valence-electron chi connectivity index (χ4n) is 1.74. The van der Waals surface area contributed by atoms with E-state index in [0.29, 0.717) is 30.3 Å². The Morgan fingerprint density at radius 2 is 2.00 bits per heavy atom. The van der Waals surface area contributed by atoms with Gasteiger partial charge in [0.2, 0.25) is 0 Å². The van der Waals surface area contributed by atoms with Crippen LogP contribution in [0.15, 0.2) is 12.1 Å². The smallest absolute Gasteiger partial charge is 0.192 e. The van der Waals surface area contributed by atoms with Crippen LogP contribution < -0.4 is 15.2 Å². The Morgan fingerprint density at radius 3 is 2.59 bits per heavy atom. The van der Waals surface area contributed by atoms with Crippen molar-refractivity contribution in [3.8, 4) is 11.5 Å². The van der Waals surface area contributed by atoms with Crippen LogP contribution in [0.4, 0.5) is 0 Å². The average Bonchev–Trinajstić information content (AvgIpc) is 2.36. The van der Waals surface area contributed by atoms with Crippen molar-refractivity contribution in [2.24, 2.45) is 5.73 Å². The van der Waals surface area contributed by atoms with Gasteiger partial charge in [-0.2, -0.15) is 0 Å². The lowest BCUT2D eigenvalue weighted by Crippen LogP contribution is -2.29. The molecule has 2 rings (SSSR count). The van der Waals surface area contributed by atoms with E-state index in [1.54, 1.807) is 19.1 Å². The lowest BCUT2D eigenvalue weighted by Gasteiger charge is -2.20. The quantitative estimate of drug-likeness (QED) is 0.737. The molecule has 17 heavy (non-hydrogen) atoms. The molecule has 0 spiro atoms. The molecule has 5 heteroatoms. The lowest BCUT2D eigenvalue weighted by molar-refractivity contribution is 0.0761. The minimum absolute atomic E-state index is 0.0906. The van der Waals surface area contributed by atoms with Crippen LogP contribution in [0.25, 0.3) is 0 Å². The molecule has 0 bridgehead atoms. The summed E-state index contributed by atoms with van der Waals surface area (Å²) in [4.78, 5) is 11.9. The second kappa shape index (κ2) is 4.73. The average molecular weight is 237 g/mol. The summed E-state index contributed by atoms with van der Waals surface area (Å²) in [5.41, 5.74) is 6.44. The van der Waals surface area contributed by atoms with Gasteiger partial charge in [-0.3, -0.25) is 4.79 Å². The molecule has 5 nitrogen and oxygen atoms in total. The van der Waals surface area contributed by atoms with E-state index < -0.39 is 6.10 Å². The number of rotatable bonds is 3. The minimum Gasteiger partial charge on any atom is -0.486 e. The first-order valence-electron chi connectivity index (χ1n) is 5.46. The van der Waals surface area contributed by atoms with Gasteiger partial charge in [0.1, 0.15) is 19.3 Å². The van der Waals surface area contributed by atoms with Crippen LogP contribution in [0.5, 0.6) is 11.5 Å². The molecular weight excluding hydrogens is 222 g/mol. The molecule has 0 saturated carbocycles. The highest BCUT2D eigenvalue weighted by Crippen LogP contribution is 2.33. The van der Waals surface area contributed by atoms with Crippen molar-refractivity contribution < 1.29 is 19.4 Å². The standard InChI is InChI=1S/C12H15NO4/c1-7-4-10-11(17-3-2-16-10)5-8(7)12(15)9(14)6-13/h4-5,9,14H,2-3,6,13H2,1H3. The number of hydrogen-bond donors (Lipinski definition) is 2. The first-order chi connectivity index (χ1) is 8.13. The van der Waals surface area contributed by atoms with Crippen LogP contribution in [0.2, 0.25) is 0 Å². The summed E-state index contributed by atoms with van der Waals surface area (Å²) in [7, 11) is 0. The number of ketones is 1. The summed E-state index contributed by atoms with van der Waals surface area (Å²) >= 11 is 0. The van der Waals surface area contributed by atoms with Crippen LogP contribution in [0, 0.1) is 6.92 Å². The number of fused-ring (bicyclic) bond motifs is 1. The Hall–Kier alpha value is -1.59. The van der Waals surface area contributed by atoms with Crippen LogP contribution in [-0.4, -0.2) is 36.8 Å². The molecule has 0 amide bonds. The summed E-state index contributed by atoms with van der Waals surface area (Å²) in [6, 6.07) is 3.34. The maximum Gasteiger partial charge on any atom is 0.192 e. The summed E-state index contributed by atoms with van der Waals surface area (Å²) in [5, 5.41) is 9.46. The van der Waals surface area contributed by atoms with Gasteiger partial charge >= 0.3 is 0 Å². The number of hydrogen-bond acceptors (Lipinski definition) is 5. The fourth-order valence-corrected chi connectivity index (χ4v) is 1.74. The normalized spacial score (nSPS) is 15.5. The number of Topliss-reactive ketones (excluding diaryl/α,β-unsaturated/α-hetero) is 1. The molecule has 1 aliphatic rings. The summed E-state index contributed by atoms with van der Waals surface area (Å²) in [5.74, 6) is 0.781. The van der Waals surface area contributed by atoms with Crippen molar-refractivity contribution in [1.82, 2.24) is 0 Å². The van der Waals surface area contributed by atoms with Crippen molar-refractivity contribution in [2.75, 3.05) is 19.8 Å². The summed E-state index contributed by atoms with van der Waals surface area (Å²) in [6.45, 7) is 2.66. The monoisotopic (exact) mass is 237 g/mol. The molecule has 1 aliphatic heterocycles. The van der Waals surface area contributed by atoms with Gasteiger partial charge in [-0.1, -0.05) is 0 Å². The van der Waals surface area contributed by atoms with Gasteiger partial charge in [0.05, 0.1) is 0 Å². The molecule has 1 unspecified atom stereocenters. The Kier molecular flexibility index (Phi) is 3.31. The fraction of sp³-hybridized carbons (Fsp3) is 0.417. The SMILES string of the molecule is Cc1cc2c(cc1C(=O)C(O)CN)OCCO2. The zero-order valence-electron chi connectivity index (χ0n) is 9.60. The van der Waals surface area contributed by atoms with Crippen molar-refractivity contribution >= 4 is 5.78 Å². The lowest BCUT2D eigenvalue weighted by atomic mass is 10.00. The van der Waals surface area contributed by atoms with Gasteiger partial charge in [0.15, 0.2) is 17.3 Å². The second-order valence-corrected chi connectivity index (χ2v) is 3.93. The third kappa shape index (κ3) is 2.25. The maximum absolute atomic E-state index is 11.9. The largest absolute Gasteiger partial charge is 0.486 e. The number of nitrogens with two attached hydrogens (primary N) is 1. The van der Waals surface area contributed by atoms with Crippen molar-refractivity contribution in [3.63, 3.8) is 0 Å². The highest BCUT2D eigenvalue weighted by Gasteiger charge is 2.21. The van der Waals surface area contributed by atoms with E-state index in [-0.39, 0.29) is 12.3 Å². The zero-order chi connectivity index (χ0) is 12.4. The highest BCUT2D eigenvalue weighted by molar-refractivity contribution is 6.01. The third-order valence-electron chi connectivity index (χ3n) is 2.68. The van der Waals surface area contributed by atoms with E-state index in [9.17, 15) is 9.90 Å². The van der Waals surface area contributed by atoms with Gasteiger partial charge < -0.3 is 20.3 Å². The number of ether oxygens (including phenoxy) is 2. The van der Waals surface area contributed by atoms with Crippen molar-refractivity contribution in [3.05, 3.63) is 23.3 Å². The molecule has 92 valence electrons. The summed E-state index contributed by atoms with van der Waals surface area (Å²) in [6.07, 6.45) is -1.17. The van der Waals surface area contributed by atoms with Crippen LogP contribution in [0.3, 0.4) is 0 Å². The minimum atomic E-state index is -1.17. The Balaban J connectivity index is 2.38. The van der Waals surface area contributed by atoms with Crippen LogP contribution >= 0.6 is 0 Å². The Labute approximate surface area is 99.1 Å². The molecule has 1 heterocycles. The van der Waals surface area contributed by atoms with Gasteiger partial charge in [-0.05, 0) is 24.6 Å². The van der Waals surface area contributed by atoms with Crippen LogP contribution in [0.1, 0.15) is 15.9 Å². The Morgan fingerprint density at radius 1 is 1.41 bits per heavy atom. The number of benzene rings is 1. The topological polar surface area (TPSA) is 81.8 Å². The molecule has 1 aromatic carbocycles. The molecule has 1 aromatic rings. The van der Waals surface area contributed by atoms with E-state index in [0.717, 1.165) is 5.56 Å². The van der Waals surface area contributed by atoms with E-state index in [1.807, 2.05) is 0 Å². The number of aliphatic hydroxyl groups excluding tert-OH is 1. The van der Waals surface area contributed by atoms with Gasteiger partial charge in [-0.25, -0.2) is 0 Å². The van der Waals surface area contributed by atoms with Crippen molar-refractivity contribution in [1.29, 1.82) is 0 Å². The molecule has 0 aliphatic carbocycles. The molecular formula is C12H15NO4. The number of carbonyl (C=O) groups is 1. The van der Waals surface area contributed by atoms with Gasteiger partial charge in [0, 0.05) is 12.1 Å². The van der Waals surface area contributed by atoms with Gasteiger partial charge in [0.25, 0.3) is 0 Å². The molecule has 0 radical (unpaired) electrons. The molecule has 3 N–H and O–H groups in total. The first kappa shape index (κ1) is 11.9. The summed E-state index contributed by atoms with van der Waals surface area (Å²) < 4.78 is 10.8. The number of aliphatic hydroxyl groups is 1. The molecule has 0 fully saturated rings. The maximum atomic E-state index is 11.9. The van der Waals surface area contributed by atoms with E-state index in [4.69, 9.17) is 15.2 Å². The first-order valence-corrected chi connectivity index (χ1v) is 5.46. The number of carbonyl (C=O) groups excluding carboxylic acids is 1. The van der Waals surface area contributed by atoms with E-state index in [1.165, 1.54) is 0 Å². The van der Waals surface area contributed by atoms with Crippen molar-refractivity contribution in [2.45, 2.75) is 13.0 Å². The predicted octanol–water partition coefficient (Wildman–Crippen LogP) is 0.269. The molecule has 0 saturated heterocycles. The molecule has 1 atom stereocenters. The Bertz CT molecular complexity index is 444. The van der Waals surface area contributed by atoms with E-state index >= 15 is 0 Å². The predicted molar refractivity (Wildman–Crippen MR) is 61.6 cm³/mol. The highest BCUT2D eigenvalue weighted by atomic mass is 16.6. The zero-order valence-corrected chi connectivity index (χ0v) is 9.60. The third-order valence-corrected chi connectivity index (χ3v) is 2.68. The van der Waals surface area contributed by atoms with E-state index in [2.05, 4.69) is 0 Å². The van der Waals surface area contributed by atoms with Gasteiger partial charge in [-0.15, -0.1) is 0 Å². The van der Waals surface area contributed by atoms with Crippen LogP contribution in [-0.2, 0) is 0 Å². The molecule has 0 aromatic heterocycles. The second-order valence-electron chi connectivity index (χ2n) is 3.93. The number of aryl methyl sites for hydroxylation is 1.